The van der Waals surface area contributed by atoms with E-state index in [1.54, 1.807) is 12.1 Å². The zero-order valence-corrected chi connectivity index (χ0v) is 12.7. The fourth-order valence-electron chi connectivity index (χ4n) is 1.64. The second-order valence-electron chi connectivity index (χ2n) is 3.89. The van der Waals surface area contributed by atoms with Crippen LogP contribution in [0.15, 0.2) is 24.3 Å². The van der Waals surface area contributed by atoms with Crippen LogP contribution in [0.25, 0.3) is 0 Å². The van der Waals surface area contributed by atoms with Crippen LogP contribution in [0.1, 0.15) is 13.8 Å². The molecule has 0 atom stereocenters. The summed E-state index contributed by atoms with van der Waals surface area (Å²) in [5.41, 5.74) is 0. The van der Waals surface area contributed by atoms with E-state index in [1.165, 1.54) is 0 Å². The molecule has 20 heavy (non-hydrogen) atoms. The molecule has 2 aromatic rings. The number of halogens is 2. The molecule has 0 aliphatic rings. The van der Waals surface area contributed by atoms with Crippen LogP contribution in [-0.2, 0) is 0 Å². The Hall–Kier alpha value is -1.59. The highest BCUT2D eigenvalue weighted by atomic mass is 35.5. The summed E-state index contributed by atoms with van der Waals surface area (Å²) in [6.07, 6.45) is 0. The normalized spacial score (nSPS) is 10.4. The molecule has 0 unspecified atom stereocenters. The van der Waals surface area contributed by atoms with E-state index in [2.05, 4.69) is 15.0 Å². The van der Waals surface area contributed by atoms with E-state index in [0.717, 1.165) is 13.1 Å². The van der Waals surface area contributed by atoms with E-state index >= 15 is 0 Å². The number of nitrogens with zero attached hydrogens (tertiary/aromatic N) is 4. The first-order valence-corrected chi connectivity index (χ1v) is 6.98. The molecule has 1 heterocycles. The summed E-state index contributed by atoms with van der Waals surface area (Å²) in [5, 5.41) is 0.567. The fraction of sp³-hybridized carbons (Fsp3) is 0.308. The Morgan fingerprint density at radius 1 is 1.05 bits per heavy atom. The summed E-state index contributed by atoms with van der Waals surface area (Å²) in [6, 6.07) is 7.22. The molecule has 0 N–H and O–H groups in total. The van der Waals surface area contributed by atoms with E-state index in [-0.39, 0.29) is 11.3 Å². The second-order valence-corrected chi connectivity index (χ2v) is 4.64. The Kier molecular flexibility index (Phi) is 4.98. The lowest BCUT2D eigenvalue weighted by Gasteiger charge is -2.18. The first-order valence-electron chi connectivity index (χ1n) is 6.23. The minimum Gasteiger partial charge on any atom is -0.423 e. The Labute approximate surface area is 127 Å². The molecule has 0 aliphatic carbocycles. The number of ether oxygens (including phenoxy) is 1. The Morgan fingerprint density at radius 2 is 1.75 bits per heavy atom. The van der Waals surface area contributed by atoms with Gasteiger partial charge in [-0.05, 0) is 37.6 Å². The SMILES string of the molecule is CCN(CC)c1nc(Cl)nc(Oc2ccccc2Cl)n1. The highest BCUT2D eigenvalue weighted by Crippen LogP contribution is 2.28. The molecule has 7 heteroatoms. The molecule has 0 bridgehead atoms. The van der Waals surface area contributed by atoms with Gasteiger partial charge in [0, 0.05) is 13.1 Å². The summed E-state index contributed by atoms with van der Waals surface area (Å²) in [7, 11) is 0. The lowest BCUT2D eigenvalue weighted by atomic mass is 10.3. The van der Waals surface area contributed by atoms with Gasteiger partial charge in [0.05, 0.1) is 5.02 Å². The smallest absolute Gasteiger partial charge is 0.328 e. The van der Waals surface area contributed by atoms with Gasteiger partial charge in [0.25, 0.3) is 0 Å². The first-order chi connectivity index (χ1) is 9.63. The van der Waals surface area contributed by atoms with Crippen molar-refractivity contribution in [2.75, 3.05) is 18.0 Å². The van der Waals surface area contributed by atoms with Crippen LogP contribution in [0.5, 0.6) is 11.8 Å². The van der Waals surface area contributed by atoms with Gasteiger partial charge in [-0.3, -0.25) is 0 Å². The topological polar surface area (TPSA) is 51.1 Å². The van der Waals surface area contributed by atoms with E-state index < -0.39 is 0 Å². The van der Waals surface area contributed by atoms with Crippen LogP contribution < -0.4 is 9.64 Å². The first kappa shape index (κ1) is 14.8. The number of hydrogen-bond donors (Lipinski definition) is 0. The van der Waals surface area contributed by atoms with Crippen molar-refractivity contribution in [1.29, 1.82) is 0 Å². The van der Waals surface area contributed by atoms with E-state index in [1.807, 2.05) is 30.9 Å². The maximum atomic E-state index is 6.03. The van der Waals surface area contributed by atoms with Gasteiger partial charge in [-0.15, -0.1) is 0 Å². The zero-order valence-electron chi connectivity index (χ0n) is 11.2. The molecule has 1 aromatic carbocycles. The van der Waals surface area contributed by atoms with Gasteiger partial charge < -0.3 is 9.64 Å². The molecule has 0 amide bonds. The molecule has 2 rings (SSSR count). The molecule has 0 fully saturated rings. The van der Waals surface area contributed by atoms with Crippen LogP contribution in [0.4, 0.5) is 5.95 Å². The molecule has 0 aliphatic heterocycles. The van der Waals surface area contributed by atoms with Gasteiger partial charge in [0.1, 0.15) is 5.75 Å². The predicted molar refractivity (Wildman–Crippen MR) is 79.9 cm³/mol. The average Bonchev–Trinajstić information content (AvgIpc) is 2.42. The predicted octanol–water partition coefficient (Wildman–Crippen LogP) is 3.82. The van der Waals surface area contributed by atoms with Crippen LogP contribution in [0.2, 0.25) is 10.3 Å². The van der Waals surface area contributed by atoms with E-state index in [9.17, 15) is 0 Å². The summed E-state index contributed by atoms with van der Waals surface area (Å²) in [5.74, 6) is 0.957. The van der Waals surface area contributed by atoms with Crippen molar-refractivity contribution >= 4 is 29.2 Å². The van der Waals surface area contributed by atoms with E-state index in [4.69, 9.17) is 27.9 Å². The van der Waals surface area contributed by atoms with Crippen molar-refractivity contribution < 1.29 is 4.74 Å². The summed E-state index contributed by atoms with van der Waals surface area (Å²) < 4.78 is 5.56. The summed E-state index contributed by atoms with van der Waals surface area (Å²) >= 11 is 11.9. The maximum absolute atomic E-state index is 6.03. The largest absolute Gasteiger partial charge is 0.423 e. The fourth-order valence-corrected chi connectivity index (χ4v) is 1.96. The van der Waals surface area contributed by atoms with Gasteiger partial charge in [0.2, 0.25) is 11.2 Å². The summed E-state index contributed by atoms with van der Waals surface area (Å²) in [6.45, 7) is 5.55. The number of anilines is 1. The molecule has 1 aromatic heterocycles. The van der Waals surface area contributed by atoms with Crippen molar-refractivity contribution in [1.82, 2.24) is 15.0 Å². The van der Waals surface area contributed by atoms with Crippen molar-refractivity contribution in [2.24, 2.45) is 0 Å². The quantitative estimate of drug-likeness (QED) is 0.840. The number of aromatic nitrogens is 3. The van der Waals surface area contributed by atoms with Gasteiger partial charge in [-0.25, -0.2) is 0 Å². The van der Waals surface area contributed by atoms with Gasteiger partial charge in [-0.1, -0.05) is 23.7 Å². The van der Waals surface area contributed by atoms with Crippen LogP contribution in [-0.4, -0.2) is 28.0 Å². The standard InChI is InChI=1S/C13H14Cl2N4O/c1-3-19(4-2)12-16-11(15)17-13(18-12)20-10-8-6-5-7-9(10)14/h5-8H,3-4H2,1-2H3. The minimum absolute atomic E-state index is 0.0870. The van der Waals surface area contributed by atoms with Gasteiger partial charge in [0.15, 0.2) is 0 Å². The Balaban J connectivity index is 2.31. The summed E-state index contributed by atoms with van der Waals surface area (Å²) in [4.78, 5) is 14.3. The molecule has 0 radical (unpaired) electrons. The third kappa shape index (κ3) is 3.49. The number of hydrogen-bond acceptors (Lipinski definition) is 5. The highest BCUT2D eigenvalue weighted by molar-refractivity contribution is 6.32. The minimum atomic E-state index is 0.0870. The zero-order chi connectivity index (χ0) is 14.5. The number of benzene rings is 1. The van der Waals surface area contributed by atoms with Crippen LogP contribution in [0, 0.1) is 0 Å². The van der Waals surface area contributed by atoms with Crippen molar-refractivity contribution in [3.05, 3.63) is 34.6 Å². The second kappa shape index (κ2) is 6.72. The third-order valence-corrected chi connectivity index (χ3v) is 3.14. The number of rotatable bonds is 5. The van der Waals surface area contributed by atoms with Gasteiger partial charge in [-0.2, -0.15) is 15.0 Å². The average molecular weight is 313 g/mol. The lowest BCUT2D eigenvalue weighted by Crippen LogP contribution is -2.24. The molecule has 5 nitrogen and oxygen atoms in total. The van der Waals surface area contributed by atoms with Crippen LogP contribution in [0.3, 0.4) is 0 Å². The molecule has 0 saturated heterocycles. The molecular weight excluding hydrogens is 299 g/mol. The highest BCUT2D eigenvalue weighted by Gasteiger charge is 2.12. The van der Waals surface area contributed by atoms with Crippen molar-refractivity contribution in [3.63, 3.8) is 0 Å². The van der Waals surface area contributed by atoms with Crippen molar-refractivity contribution in [2.45, 2.75) is 13.8 Å². The Morgan fingerprint density at radius 3 is 2.40 bits per heavy atom. The Bertz CT molecular complexity index is 590. The third-order valence-electron chi connectivity index (χ3n) is 2.66. The monoisotopic (exact) mass is 312 g/mol. The van der Waals surface area contributed by atoms with Gasteiger partial charge >= 0.3 is 6.01 Å². The molecule has 0 saturated carbocycles. The number of para-hydroxylation sites is 1. The molecular formula is C13H14Cl2N4O. The maximum Gasteiger partial charge on any atom is 0.328 e. The van der Waals surface area contributed by atoms with E-state index in [0.29, 0.717) is 16.7 Å². The lowest BCUT2D eigenvalue weighted by molar-refractivity contribution is 0.439. The van der Waals surface area contributed by atoms with Crippen molar-refractivity contribution in [3.8, 4) is 11.8 Å². The molecule has 106 valence electrons. The van der Waals surface area contributed by atoms with Crippen LogP contribution >= 0.6 is 23.2 Å². The molecule has 0 spiro atoms.